The van der Waals surface area contributed by atoms with Crippen molar-refractivity contribution in [2.75, 3.05) is 11.9 Å². The molecule has 158 valence electrons. The molecule has 12 heteroatoms. The van der Waals surface area contributed by atoms with E-state index in [1.54, 1.807) is 36.7 Å². The monoisotopic (exact) mass is 421 g/mol. The number of aromatic nitrogens is 7. The van der Waals surface area contributed by atoms with E-state index in [1.807, 2.05) is 0 Å². The number of nitrogens with zero attached hydrogens (tertiary/aromatic N) is 6. The van der Waals surface area contributed by atoms with Gasteiger partial charge in [0, 0.05) is 18.0 Å². The van der Waals surface area contributed by atoms with Gasteiger partial charge in [-0.15, -0.1) is 0 Å². The summed E-state index contributed by atoms with van der Waals surface area (Å²) in [7, 11) is 0. The average Bonchev–Trinajstić information content (AvgIpc) is 3.41. The van der Waals surface area contributed by atoms with Crippen LogP contribution in [0.15, 0.2) is 40.4 Å². The Hall–Kier alpha value is -4.06. The molecule has 0 amide bonds. The fourth-order valence-corrected chi connectivity index (χ4v) is 3.02. The van der Waals surface area contributed by atoms with Gasteiger partial charge in [0.2, 0.25) is 11.8 Å². The summed E-state index contributed by atoms with van der Waals surface area (Å²) in [6.45, 7) is 0.148. The minimum absolute atomic E-state index is 0.148. The number of pyridine rings is 1. The molecular weight excluding hydrogens is 402 g/mol. The number of rotatable bonds is 6. The molecule has 4 heterocycles. The van der Waals surface area contributed by atoms with Crippen LogP contribution in [0, 0.1) is 0 Å². The highest BCUT2D eigenvalue weighted by Gasteiger charge is 2.21. The fourth-order valence-electron chi connectivity index (χ4n) is 3.02. The smallest absolute Gasteiger partial charge is 0.326 e. The Morgan fingerprint density at radius 3 is 2.90 bits per heavy atom. The molecule has 0 saturated heterocycles. The summed E-state index contributed by atoms with van der Waals surface area (Å²) in [5, 5.41) is 28.1. The Morgan fingerprint density at radius 1 is 1.32 bits per heavy atom. The van der Waals surface area contributed by atoms with Crippen LogP contribution >= 0.6 is 0 Å². The highest BCUT2D eigenvalue weighted by atomic mass is 16.3. The molecule has 4 aromatic heterocycles. The Labute approximate surface area is 174 Å². The van der Waals surface area contributed by atoms with Crippen molar-refractivity contribution in [3.8, 4) is 5.88 Å². The molecule has 0 spiro atoms. The van der Waals surface area contributed by atoms with Crippen LogP contribution in [-0.4, -0.2) is 57.3 Å². The van der Waals surface area contributed by atoms with E-state index in [-0.39, 0.29) is 30.1 Å². The number of aliphatic hydroxyl groups excluding tert-OH is 1. The minimum atomic E-state index is -0.845. The first-order valence-electron chi connectivity index (χ1n) is 9.72. The number of aliphatic hydroxyl groups is 1. The van der Waals surface area contributed by atoms with E-state index in [2.05, 4.69) is 40.3 Å². The molecule has 5 N–H and O–H groups in total. The third kappa shape index (κ3) is 4.00. The lowest BCUT2D eigenvalue weighted by molar-refractivity contribution is 0.186. The highest BCUT2D eigenvalue weighted by Crippen LogP contribution is 2.22. The van der Waals surface area contributed by atoms with Gasteiger partial charge in [0.1, 0.15) is 11.8 Å². The van der Waals surface area contributed by atoms with E-state index < -0.39 is 11.8 Å². The molecule has 1 aliphatic carbocycles. The molecule has 0 aliphatic heterocycles. The van der Waals surface area contributed by atoms with E-state index >= 15 is 0 Å². The summed E-state index contributed by atoms with van der Waals surface area (Å²) in [6.07, 6.45) is 5.85. The number of fused-ring (bicyclic) bond motifs is 1. The number of aromatic hydroxyl groups is 1. The second-order valence-electron chi connectivity index (χ2n) is 7.18. The van der Waals surface area contributed by atoms with Crippen molar-refractivity contribution < 1.29 is 10.2 Å². The molecule has 1 unspecified atom stereocenters. The summed E-state index contributed by atoms with van der Waals surface area (Å²) in [5.41, 5.74) is 1.04. The van der Waals surface area contributed by atoms with Crippen LogP contribution in [0.1, 0.15) is 30.3 Å². The summed E-state index contributed by atoms with van der Waals surface area (Å²) < 4.78 is 1.51. The normalized spacial score (nSPS) is 16.2. The zero-order valence-electron chi connectivity index (χ0n) is 16.2. The van der Waals surface area contributed by atoms with Gasteiger partial charge in [-0.3, -0.25) is 9.97 Å². The van der Waals surface area contributed by atoms with Gasteiger partial charge in [0.25, 0.3) is 5.62 Å². The summed E-state index contributed by atoms with van der Waals surface area (Å²) >= 11 is 0. The molecule has 0 aromatic carbocycles. The number of hydrogen-bond acceptors (Lipinski definition) is 9. The molecule has 4 aromatic rings. The Bertz CT molecular complexity index is 1400. The average molecular weight is 421 g/mol. The van der Waals surface area contributed by atoms with Crippen molar-refractivity contribution in [3.05, 3.63) is 63.3 Å². The number of H-pyrrole nitrogens is 2. The maximum absolute atomic E-state index is 11.4. The second kappa shape index (κ2) is 7.65. The van der Waals surface area contributed by atoms with Crippen molar-refractivity contribution in [1.29, 1.82) is 0 Å². The lowest BCUT2D eigenvalue weighted by Gasteiger charge is -2.11. The molecule has 0 bridgehead atoms. The first-order valence-corrected chi connectivity index (χ1v) is 9.72. The van der Waals surface area contributed by atoms with Crippen LogP contribution in [0.4, 0.5) is 5.95 Å². The van der Waals surface area contributed by atoms with Gasteiger partial charge in [0.05, 0.1) is 17.9 Å². The molecule has 0 radical (unpaired) electrons. The number of anilines is 1. The van der Waals surface area contributed by atoms with Gasteiger partial charge >= 0.3 is 5.69 Å². The summed E-state index contributed by atoms with van der Waals surface area (Å²) in [5.74, 6) is -0.0121. The molecule has 5 rings (SSSR count). The van der Waals surface area contributed by atoms with Gasteiger partial charge < -0.3 is 20.5 Å². The molecule has 1 aliphatic rings. The van der Waals surface area contributed by atoms with Gasteiger partial charge in [0.15, 0.2) is 5.65 Å². The van der Waals surface area contributed by atoms with Crippen LogP contribution in [0.5, 0.6) is 5.88 Å². The number of hydrogen-bond donors (Lipinski definition) is 5. The molecular formula is C19H19N9O3. The van der Waals surface area contributed by atoms with E-state index in [4.69, 9.17) is 0 Å². The standard InChI is InChI=1S/C19H19N9O3/c29-14(12-3-1-2-6-20-12)9-21-17-25-15-10(7-13-16(30)26-19(31)24-13)8-22-28(15)18(27-17)23-11-4-5-11/h1-3,6-8,11,14,29-30H,4-5,9H2,(H,21,23,27)(H2,24,26,31). The van der Waals surface area contributed by atoms with Crippen LogP contribution in [0.25, 0.3) is 11.7 Å². The predicted octanol–water partition coefficient (Wildman–Crippen LogP) is -1.00. The number of nitrogens with one attached hydrogen (secondary N) is 3. The van der Waals surface area contributed by atoms with E-state index in [0.29, 0.717) is 22.2 Å². The zero-order valence-corrected chi connectivity index (χ0v) is 16.2. The maximum Gasteiger partial charge on any atom is 0.326 e. The van der Waals surface area contributed by atoms with E-state index in [9.17, 15) is 15.0 Å². The summed E-state index contributed by atoms with van der Waals surface area (Å²) in [4.78, 5) is 33.9. The van der Waals surface area contributed by atoms with Crippen molar-refractivity contribution >= 4 is 17.7 Å². The quantitative estimate of drug-likeness (QED) is 0.264. The minimum Gasteiger partial charge on any atom is -0.493 e. The van der Waals surface area contributed by atoms with Crippen LogP contribution in [-0.2, 0) is 0 Å². The van der Waals surface area contributed by atoms with E-state index in [1.165, 1.54) is 4.52 Å². The second-order valence-corrected chi connectivity index (χ2v) is 7.18. The topological polar surface area (TPSA) is 169 Å². The Balaban J connectivity index is 1.54. The zero-order chi connectivity index (χ0) is 21.4. The van der Waals surface area contributed by atoms with E-state index in [0.717, 1.165) is 12.8 Å². The van der Waals surface area contributed by atoms with Crippen molar-refractivity contribution in [2.24, 2.45) is 4.99 Å². The van der Waals surface area contributed by atoms with Gasteiger partial charge in [-0.25, -0.2) is 9.79 Å². The lowest BCUT2D eigenvalue weighted by atomic mass is 10.2. The van der Waals surface area contributed by atoms with Crippen LogP contribution < -0.4 is 21.8 Å². The van der Waals surface area contributed by atoms with Gasteiger partial charge in [-0.05, 0) is 31.1 Å². The Kier molecular flexibility index (Phi) is 4.67. The Morgan fingerprint density at radius 2 is 2.19 bits per heavy atom. The molecule has 12 nitrogen and oxygen atoms in total. The predicted molar refractivity (Wildman–Crippen MR) is 109 cm³/mol. The number of aromatic amines is 2. The SMILES string of the molecule is O=c1[nH]c(O)c(C=c2cnn3c(=NC4CC4)nc(NCC(O)c4ccccn4)nc23)[nH]1. The third-order valence-corrected chi connectivity index (χ3v) is 4.74. The van der Waals surface area contributed by atoms with Crippen LogP contribution in [0.2, 0.25) is 0 Å². The first kappa shape index (κ1) is 18.9. The maximum atomic E-state index is 11.4. The largest absolute Gasteiger partial charge is 0.493 e. The number of imidazole rings is 1. The van der Waals surface area contributed by atoms with Crippen molar-refractivity contribution in [3.63, 3.8) is 0 Å². The lowest BCUT2D eigenvalue weighted by Crippen LogP contribution is -2.26. The third-order valence-electron chi connectivity index (χ3n) is 4.74. The molecule has 31 heavy (non-hydrogen) atoms. The van der Waals surface area contributed by atoms with Gasteiger partial charge in [-0.2, -0.15) is 19.6 Å². The van der Waals surface area contributed by atoms with Gasteiger partial charge in [-0.1, -0.05) is 6.07 Å². The summed E-state index contributed by atoms with van der Waals surface area (Å²) in [6, 6.07) is 5.51. The first-order chi connectivity index (χ1) is 15.1. The fraction of sp³-hybridized carbons (Fsp3) is 0.263. The highest BCUT2D eigenvalue weighted by molar-refractivity contribution is 5.57. The van der Waals surface area contributed by atoms with Crippen LogP contribution in [0.3, 0.4) is 0 Å². The molecule has 1 fully saturated rings. The van der Waals surface area contributed by atoms with Crippen molar-refractivity contribution in [2.45, 2.75) is 25.0 Å². The van der Waals surface area contributed by atoms with Crippen molar-refractivity contribution in [1.82, 2.24) is 34.5 Å². The molecule has 1 atom stereocenters. The molecule has 1 saturated carbocycles.